The SMILES string of the molecule is COC(=O)c1ccccc1NC(=O)/C(C#N)=C\NCCc1cccc(Br)c1. The molecular weight excluding hydrogens is 410 g/mol. The van der Waals surface area contributed by atoms with Crippen molar-refractivity contribution in [3.8, 4) is 6.07 Å². The average molecular weight is 428 g/mol. The summed E-state index contributed by atoms with van der Waals surface area (Å²) in [5.41, 5.74) is 1.53. The summed E-state index contributed by atoms with van der Waals surface area (Å²) < 4.78 is 5.69. The number of halogens is 1. The molecule has 2 N–H and O–H groups in total. The molecule has 1 amide bonds. The number of hydrogen-bond donors (Lipinski definition) is 2. The molecule has 27 heavy (non-hydrogen) atoms. The number of methoxy groups -OCH3 is 1. The number of hydrogen-bond acceptors (Lipinski definition) is 5. The van der Waals surface area contributed by atoms with Gasteiger partial charge < -0.3 is 15.4 Å². The first kappa shape index (κ1) is 20.2. The average Bonchev–Trinajstić information content (AvgIpc) is 2.68. The van der Waals surface area contributed by atoms with Crippen LogP contribution in [0.4, 0.5) is 5.69 Å². The molecule has 0 aliphatic rings. The van der Waals surface area contributed by atoms with Gasteiger partial charge >= 0.3 is 5.97 Å². The Bertz CT molecular complexity index is 903. The molecule has 7 heteroatoms. The summed E-state index contributed by atoms with van der Waals surface area (Å²) in [4.78, 5) is 24.1. The highest BCUT2D eigenvalue weighted by Gasteiger charge is 2.15. The maximum Gasteiger partial charge on any atom is 0.339 e. The van der Waals surface area contributed by atoms with E-state index in [1.54, 1.807) is 18.2 Å². The van der Waals surface area contributed by atoms with Crippen LogP contribution in [0.2, 0.25) is 0 Å². The summed E-state index contributed by atoms with van der Waals surface area (Å²) >= 11 is 3.42. The van der Waals surface area contributed by atoms with Gasteiger partial charge in [-0.05, 0) is 36.2 Å². The maximum absolute atomic E-state index is 12.3. The molecule has 0 bridgehead atoms. The van der Waals surface area contributed by atoms with Crippen molar-refractivity contribution in [2.75, 3.05) is 19.0 Å². The van der Waals surface area contributed by atoms with Crippen LogP contribution in [-0.4, -0.2) is 25.5 Å². The second-order valence-electron chi connectivity index (χ2n) is 5.50. The number of nitrogens with zero attached hydrogens (tertiary/aromatic N) is 1. The van der Waals surface area contributed by atoms with Gasteiger partial charge in [0.15, 0.2) is 0 Å². The molecule has 0 saturated heterocycles. The monoisotopic (exact) mass is 427 g/mol. The predicted molar refractivity (Wildman–Crippen MR) is 106 cm³/mol. The van der Waals surface area contributed by atoms with Crippen LogP contribution < -0.4 is 10.6 Å². The van der Waals surface area contributed by atoms with Crippen LogP contribution in [-0.2, 0) is 16.0 Å². The Labute approximate surface area is 166 Å². The number of carbonyl (C=O) groups excluding carboxylic acids is 2. The van der Waals surface area contributed by atoms with Crippen LogP contribution in [0.5, 0.6) is 0 Å². The Balaban J connectivity index is 1.98. The third-order valence-corrected chi connectivity index (χ3v) is 4.13. The van der Waals surface area contributed by atoms with Gasteiger partial charge in [0.2, 0.25) is 0 Å². The highest BCUT2D eigenvalue weighted by molar-refractivity contribution is 9.10. The molecule has 6 nitrogen and oxygen atoms in total. The Kier molecular flexibility index (Phi) is 7.59. The summed E-state index contributed by atoms with van der Waals surface area (Å²) in [6.07, 6.45) is 2.11. The fourth-order valence-electron chi connectivity index (χ4n) is 2.30. The van der Waals surface area contributed by atoms with E-state index in [0.717, 1.165) is 16.5 Å². The van der Waals surface area contributed by atoms with E-state index in [4.69, 9.17) is 0 Å². The van der Waals surface area contributed by atoms with Gasteiger partial charge in [0, 0.05) is 17.2 Å². The number of anilines is 1. The van der Waals surface area contributed by atoms with Crippen molar-refractivity contribution < 1.29 is 14.3 Å². The summed E-state index contributed by atoms with van der Waals surface area (Å²) in [6, 6.07) is 16.2. The molecule has 0 heterocycles. The van der Waals surface area contributed by atoms with Crippen LogP contribution in [0, 0.1) is 11.3 Å². The van der Waals surface area contributed by atoms with Crippen molar-refractivity contribution in [3.05, 3.63) is 75.9 Å². The molecule has 0 atom stereocenters. The minimum absolute atomic E-state index is 0.0936. The fraction of sp³-hybridized carbons (Fsp3) is 0.150. The number of carbonyl (C=O) groups is 2. The van der Waals surface area contributed by atoms with Gasteiger partial charge in [-0.3, -0.25) is 4.79 Å². The Morgan fingerprint density at radius 1 is 1.22 bits per heavy atom. The van der Waals surface area contributed by atoms with Crippen molar-refractivity contribution >= 4 is 33.5 Å². The van der Waals surface area contributed by atoms with Gasteiger partial charge in [-0.25, -0.2) is 4.79 Å². The number of rotatable bonds is 7. The van der Waals surface area contributed by atoms with Crippen molar-refractivity contribution in [1.82, 2.24) is 5.32 Å². The maximum atomic E-state index is 12.3. The lowest BCUT2D eigenvalue weighted by molar-refractivity contribution is -0.112. The Morgan fingerprint density at radius 2 is 2.00 bits per heavy atom. The summed E-state index contributed by atoms with van der Waals surface area (Å²) in [6.45, 7) is 0.563. The molecule has 0 radical (unpaired) electrons. The van der Waals surface area contributed by atoms with Gasteiger partial charge in [-0.2, -0.15) is 5.26 Å². The van der Waals surface area contributed by atoms with Crippen molar-refractivity contribution in [2.24, 2.45) is 0 Å². The van der Waals surface area contributed by atoms with Gasteiger partial charge in [-0.15, -0.1) is 0 Å². The van der Waals surface area contributed by atoms with E-state index in [1.807, 2.05) is 30.3 Å². The number of esters is 1. The second-order valence-corrected chi connectivity index (χ2v) is 6.41. The van der Waals surface area contributed by atoms with Crippen LogP contribution in [0.3, 0.4) is 0 Å². The number of benzene rings is 2. The largest absolute Gasteiger partial charge is 0.465 e. The van der Waals surface area contributed by atoms with Crippen molar-refractivity contribution in [3.63, 3.8) is 0 Å². The molecule has 0 unspecified atom stereocenters. The number of ether oxygens (including phenoxy) is 1. The lowest BCUT2D eigenvalue weighted by Crippen LogP contribution is -2.19. The first-order valence-corrected chi connectivity index (χ1v) is 8.91. The minimum atomic E-state index is -0.608. The van der Waals surface area contributed by atoms with E-state index in [-0.39, 0.29) is 16.8 Å². The van der Waals surface area contributed by atoms with E-state index < -0.39 is 11.9 Å². The third kappa shape index (κ3) is 5.97. The normalized spacial score (nSPS) is 10.6. The van der Waals surface area contributed by atoms with Gasteiger partial charge in [0.05, 0.1) is 18.4 Å². The zero-order valence-corrected chi connectivity index (χ0v) is 16.2. The van der Waals surface area contributed by atoms with Crippen LogP contribution in [0.25, 0.3) is 0 Å². The fourth-order valence-corrected chi connectivity index (χ4v) is 2.75. The number of amides is 1. The van der Waals surface area contributed by atoms with Crippen LogP contribution >= 0.6 is 15.9 Å². The number of nitriles is 1. The molecule has 2 rings (SSSR count). The Morgan fingerprint density at radius 3 is 2.70 bits per heavy atom. The van der Waals surface area contributed by atoms with E-state index in [2.05, 4.69) is 31.3 Å². The minimum Gasteiger partial charge on any atom is -0.465 e. The highest BCUT2D eigenvalue weighted by Crippen LogP contribution is 2.17. The molecule has 0 aliphatic heterocycles. The standard InChI is InChI=1S/C20H18BrN3O3/c1-27-20(26)17-7-2-3-8-18(17)24-19(25)15(12-22)13-23-10-9-14-5-4-6-16(21)11-14/h2-8,11,13,23H,9-10H2,1H3,(H,24,25)/b15-13-. The van der Waals surface area contributed by atoms with Gasteiger partial charge in [0.25, 0.3) is 5.91 Å². The van der Waals surface area contributed by atoms with E-state index in [1.165, 1.54) is 19.4 Å². The van der Waals surface area contributed by atoms with Crippen molar-refractivity contribution in [1.29, 1.82) is 5.26 Å². The molecule has 0 aliphatic carbocycles. The van der Waals surface area contributed by atoms with Crippen LogP contribution in [0.1, 0.15) is 15.9 Å². The zero-order valence-electron chi connectivity index (χ0n) is 14.7. The first-order chi connectivity index (χ1) is 13.0. The molecule has 2 aromatic carbocycles. The number of nitrogens with one attached hydrogen (secondary N) is 2. The third-order valence-electron chi connectivity index (χ3n) is 3.64. The molecule has 0 saturated carbocycles. The summed E-state index contributed by atoms with van der Waals surface area (Å²) in [5.74, 6) is -1.18. The van der Waals surface area contributed by atoms with E-state index >= 15 is 0 Å². The molecule has 0 aromatic heterocycles. The topological polar surface area (TPSA) is 91.2 Å². The number of para-hydroxylation sites is 1. The van der Waals surface area contributed by atoms with Crippen LogP contribution in [0.15, 0.2) is 64.8 Å². The second kappa shape index (κ2) is 10.1. The molecule has 2 aromatic rings. The summed E-state index contributed by atoms with van der Waals surface area (Å²) in [5, 5.41) is 14.8. The van der Waals surface area contributed by atoms with Gasteiger partial charge in [-0.1, -0.05) is 40.2 Å². The lowest BCUT2D eigenvalue weighted by Gasteiger charge is -2.09. The smallest absolute Gasteiger partial charge is 0.339 e. The van der Waals surface area contributed by atoms with E-state index in [0.29, 0.717) is 6.54 Å². The highest BCUT2D eigenvalue weighted by atomic mass is 79.9. The zero-order chi connectivity index (χ0) is 19.6. The summed E-state index contributed by atoms with van der Waals surface area (Å²) in [7, 11) is 1.26. The quantitative estimate of drug-likeness (QED) is 0.305. The molecule has 0 fully saturated rings. The molecular formula is C20H18BrN3O3. The predicted octanol–water partition coefficient (Wildman–Crippen LogP) is 3.41. The van der Waals surface area contributed by atoms with Crippen molar-refractivity contribution in [2.45, 2.75) is 6.42 Å². The lowest BCUT2D eigenvalue weighted by atomic mass is 10.1. The van der Waals surface area contributed by atoms with E-state index in [9.17, 15) is 14.9 Å². The van der Waals surface area contributed by atoms with Gasteiger partial charge in [0.1, 0.15) is 11.6 Å². The molecule has 0 spiro atoms. The molecule has 138 valence electrons. The Hall–Kier alpha value is -3.11. The first-order valence-electron chi connectivity index (χ1n) is 8.12.